The van der Waals surface area contributed by atoms with Gasteiger partial charge in [0.15, 0.2) is 0 Å². The number of rotatable bonds is 5. The minimum atomic E-state index is -0.389. The molecule has 0 bridgehead atoms. The van der Waals surface area contributed by atoms with E-state index in [1.807, 2.05) is 36.4 Å². The molecule has 170 valence electrons. The van der Waals surface area contributed by atoms with Gasteiger partial charge in [-0.3, -0.25) is 9.59 Å². The highest BCUT2D eigenvalue weighted by molar-refractivity contribution is 6.34. The number of nitrogens with zero attached hydrogens (tertiary/aromatic N) is 1. The number of hydrogen-bond donors (Lipinski definition) is 2. The lowest BCUT2D eigenvalue weighted by molar-refractivity contribution is 0.0953. The summed E-state index contributed by atoms with van der Waals surface area (Å²) in [6.45, 7) is 0. The van der Waals surface area contributed by atoms with E-state index in [1.54, 1.807) is 54.7 Å². The normalized spacial score (nSPS) is 11.1. The minimum absolute atomic E-state index is 0.353. The van der Waals surface area contributed by atoms with Crippen molar-refractivity contribution in [3.63, 3.8) is 0 Å². The summed E-state index contributed by atoms with van der Waals surface area (Å²) in [5.41, 5.74) is 4.72. The Morgan fingerprint density at radius 3 is 2.09 bits per heavy atom. The minimum Gasteiger partial charge on any atom is -0.322 e. The van der Waals surface area contributed by atoms with Crippen LogP contribution in [0.1, 0.15) is 26.3 Å². The molecule has 5 aromatic carbocycles. The Morgan fingerprint density at radius 1 is 0.714 bits per heavy atom. The summed E-state index contributed by atoms with van der Waals surface area (Å²) < 4.78 is 0. The predicted octanol–water partition coefficient (Wildman–Crippen LogP) is 6.66. The summed E-state index contributed by atoms with van der Waals surface area (Å²) in [6.07, 6.45) is 1.67. The number of carbonyl (C=O) groups excluding carboxylic acids is 2. The van der Waals surface area contributed by atoms with E-state index in [2.05, 4.69) is 34.0 Å². The SMILES string of the molecule is O=C(N/N=C/c1c2ccccc2cc2ccccc12)c1cccc(NC(=O)c2ccccc2Cl)c1. The van der Waals surface area contributed by atoms with Crippen LogP contribution in [0.4, 0.5) is 5.69 Å². The van der Waals surface area contributed by atoms with Crippen molar-refractivity contribution in [1.29, 1.82) is 0 Å². The van der Waals surface area contributed by atoms with Gasteiger partial charge in [-0.05, 0) is 57.9 Å². The number of amides is 2. The van der Waals surface area contributed by atoms with Crippen molar-refractivity contribution >= 4 is 56.9 Å². The van der Waals surface area contributed by atoms with Crippen molar-refractivity contribution in [3.8, 4) is 0 Å². The molecular weight excluding hydrogens is 458 g/mol. The van der Waals surface area contributed by atoms with Crippen LogP contribution in [0.3, 0.4) is 0 Å². The molecule has 5 aromatic rings. The number of nitrogens with one attached hydrogen (secondary N) is 2. The van der Waals surface area contributed by atoms with Gasteiger partial charge >= 0.3 is 0 Å². The fourth-order valence-corrected chi connectivity index (χ4v) is 4.21. The average molecular weight is 478 g/mol. The Hall–Kier alpha value is -4.48. The average Bonchev–Trinajstić information content (AvgIpc) is 2.88. The molecule has 6 heteroatoms. The molecule has 0 unspecified atom stereocenters. The van der Waals surface area contributed by atoms with Crippen LogP contribution in [0.2, 0.25) is 5.02 Å². The molecule has 35 heavy (non-hydrogen) atoms. The first-order valence-electron chi connectivity index (χ1n) is 11.0. The van der Waals surface area contributed by atoms with Crippen LogP contribution in [0.25, 0.3) is 21.5 Å². The molecule has 5 rings (SSSR count). The molecule has 0 saturated carbocycles. The molecular formula is C29H20ClN3O2. The summed E-state index contributed by atoms with van der Waals surface area (Å²) in [7, 11) is 0. The molecule has 0 aliphatic heterocycles. The van der Waals surface area contributed by atoms with Crippen LogP contribution in [-0.2, 0) is 0 Å². The Kier molecular flexibility index (Phi) is 6.24. The van der Waals surface area contributed by atoms with Gasteiger partial charge in [0.2, 0.25) is 0 Å². The summed E-state index contributed by atoms with van der Waals surface area (Å²) in [5.74, 6) is -0.742. The molecule has 0 radical (unpaired) electrons. The van der Waals surface area contributed by atoms with Gasteiger partial charge in [-0.2, -0.15) is 5.10 Å². The zero-order valence-electron chi connectivity index (χ0n) is 18.5. The third kappa shape index (κ3) is 4.76. The summed E-state index contributed by atoms with van der Waals surface area (Å²) in [6, 6.07) is 31.7. The number of halogens is 1. The lowest BCUT2D eigenvalue weighted by atomic mass is 9.97. The molecule has 0 aliphatic rings. The van der Waals surface area contributed by atoms with Gasteiger partial charge in [-0.15, -0.1) is 0 Å². The van der Waals surface area contributed by atoms with Crippen molar-refractivity contribution in [2.24, 2.45) is 5.10 Å². The highest BCUT2D eigenvalue weighted by atomic mass is 35.5. The van der Waals surface area contributed by atoms with Crippen LogP contribution in [0, 0.1) is 0 Å². The number of fused-ring (bicyclic) bond motifs is 2. The quantitative estimate of drug-likeness (QED) is 0.169. The first kappa shape index (κ1) is 22.3. The number of benzene rings is 5. The molecule has 2 amide bonds. The van der Waals surface area contributed by atoms with E-state index in [-0.39, 0.29) is 11.8 Å². The van der Waals surface area contributed by atoms with Gasteiger partial charge in [-0.25, -0.2) is 5.43 Å². The fraction of sp³-hybridized carbons (Fsp3) is 0. The summed E-state index contributed by atoms with van der Waals surface area (Å²) in [5, 5.41) is 11.7. The molecule has 0 fully saturated rings. The maximum atomic E-state index is 12.8. The van der Waals surface area contributed by atoms with Gasteiger partial charge in [-0.1, -0.05) is 78.3 Å². The zero-order valence-corrected chi connectivity index (χ0v) is 19.3. The molecule has 0 atom stereocenters. The maximum absolute atomic E-state index is 12.8. The van der Waals surface area contributed by atoms with E-state index >= 15 is 0 Å². The Morgan fingerprint density at radius 2 is 1.37 bits per heavy atom. The number of anilines is 1. The van der Waals surface area contributed by atoms with Crippen molar-refractivity contribution in [3.05, 3.63) is 125 Å². The van der Waals surface area contributed by atoms with Crippen molar-refractivity contribution in [1.82, 2.24) is 5.43 Å². The molecule has 0 aromatic heterocycles. The molecule has 0 saturated heterocycles. The van der Waals surface area contributed by atoms with E-state index < -0.39 is 0 Å². The van der Waals surface area contributed by atoms with Crippen molar-refractivity contribution in [2.45, 2.75) is 0 Å². The van der Waals surface area contributed by atoms with Crippen LogP contribution in [0.15, 0.2) is 108 Å². The second-order valence-corrected chi connectivity index (χ2v) is 8.35. The molecule has 0 heterocycles. The highest BCUT2D eigenvalue weighted by Gasteiger charge is 2.12. The first-order chi connectivity index (χ1) is 17.1. The zero-order chi connectivity index (χ0) is 24.2. The van der Waals surface area contributed by atoms with Gasteiger partial charge in [0, 0.05) is 16.8 Å². The van der Waals surface area contributed by atoms with E-state index in [0.717, 1.165) is 27.1 Å². The van der Waals surface area contributed by atoms with Crippen LogP contribution in [-0.4, -0.2) is 18.0 Å². The molecule has 0 aliphatic carbocycles. The number of hydrogen-bond acceptors (Lipinski definition) is 3. The first-order valence-corrected chi connectivity index (χ1v) is 11.4. The second-order valence-electron chi connectivity index (χ2n) is 7.95. The third-order valence-corrected chi connectivity index (χ3v) is 6.00. The van der Waals surface area contributed by atoms with E-state index in [9.17, 15) is 9.59 Å². The van der Waals surface area contributed by atoms with Crippen molar-refractivity contribution < 1.29 is 9.59 Å². The standard InChI is InChI=1S/C29H20ClN3O2/c30-27-15-6-5-14-25(27)29(35)32-22-11-7-10-21(17-22)28(34)33-31-18-26-23-12-3-1-8-19(23)16-20-9-2-4-13-24(20)26/h1-18H,(H,32,35)(H,33,34)/b31-18+. The monoisotopic (exact) mass is 477 g/mol. The lowest BCUT2D eigenvalue weighted by Crippen LogP contribution is -2.18. The van der Waals surface area contributed by atoms with E-state index in [4.69, 9.17) is 11.6 Å². The van der Waals surface area contributed by atoms with Gasteiger partial charge < -0.3 is 5.32 Å². The lowest BCUT2D eigenvalue weighted by Gasteiger charge is -2.09. The molecule has 5 nitrogen and oxygen atoms in total. The van der Waals surface area contributed by atoms with Crippen LogP contribution in [0.5, 0.6) is 0 Å². The third-order valence-electron chi connectivity index (χ3n) is 5.67. The van der Waals surface area contributed by atoms with Gasteiger partial charge in [0.25, 0.3) is 11.8 Å². The van der Waals surface area contributed by atoms with Gasteiger partial charge in [0.05, 0.1) is 16.8 Å². The Balaban J connectivity index is 1.36. The van der Waals surface area contributed by atoms with Gasteiger partial charge in [0.1, 0.15) is 0 Å². The van der Waals surface area contributed by atoms with E-state index in [0.29, 0.717) is 21.8 Å². The largest absolute Gasteiger partial charge is 0.322 e. The van der Waals surface area contributed by atoms with Crippen LogP contribution >= 0.6 is 11.6 Å². The van der Waals surface area contributed by atoms with Crippen molar-refractivity contribution in [2.75, 3.05) is 5.32 Å². The highest BCUT2D eigenvalue weighted by Crippen LogP contribution is 2.27. The second kappa shape index (κ2) is 9.79. The molecule has 2 N–H and O–H groups in total. The fourth-order valence-electron chi connectivity index (χ4n) is 3.99. The number of hydrazone groups is 1. The number of carbonyl (C=O) groups is 2. The Labute approximate surface area is 207 Å². The van der Waals surface area contributed by atoms with E-state index in [1.165, 1.54) is 0 Å². The smallest absolute Gasteiger partial charge is 0.271 e. The topological polar surface area (TPSA) is 70.6 Å². The summed E-state index contributed by atoms with van der Waals surface area (Å²) >= 11 is 6.11. The van der Waals surface area contributed by atoms with Crippen LogP contribution < -0.4 is 10.7 Å². The maximum Gasteiger partial charge on any atom is 0.271 e. The Bertz CT molecular complexity index is 1560. The molecule has 0 spiro atoms. The predicted molar refractivity (Wildman–Crippen MR) is 142 cm³/mol. The summed E-state index contributed by atoms with van der Waals surface area (Å²) in [4.78, 5) is 25.3.